The molecule has 4 rings (SSSR count). The van der Waals surface area contributed by atoms with Crippen LogP contribution in [0.2, 0.25) is 5.02 Å². The zero-order chi connectivity index (χ0) is 21.5. The maximum absolute atomic E-state index is 12.8. The van der Waals surface area contributed by atoms with E-state index in [0.717, 1.165) is 18.6 Å². The molecule has 9 heteroatoms. The van der Waals surface area contributed by atoms with Crippen molar-refractivity contribution < 1.29 is 17.7 Å². The molecule has 1 saturated heterocycles. The Morgan fingerprint density at radius 2 is 1.90 bits per heavy atom. The van der Waals surface area contributed by atoms with Crippen LogP contribution in [-0.2, 0) is 16.7 Å². The number of halogens is 1. The van der Waals surface area contributed by atoms with Crippen LogP contribution in [0.25, 0.3) is 11.1 Å². The third kappa shape index (κ3) is 4.42. The number of aromatic nitrogens is 1. The van der Waals surface area contributed by atoms with Gasteiger partial charge < -0.3 is 9.32 Å². The maximum atomic E-state index is 12.8. The van der Waals surface area contributed by atoms with Crippen molar-refractivity contribution in [3.8, 4) is 0 Å². The minimum Gasteiger partial charge on any atom is -0.429 e. The fraction of sp³-hybridized carbons (Fsp3) is 0.381. The molecule has 0 bridgehead atoms. The molecule has 6 nitrogen and oxygen atoms in total. The van der Waals surface area contributed by atoms with Gasteiger partial charge in [0, 0.05) is 17.9 Å². The van der Waals surface area contributed by atoms with Gasteiger partial charge in [0.05, 0.1) is 34.2 Å². The number of likely N-dealkylation sites (tertiary alicyclic amines) is 1. The normalized spacial score (nSPS) is 22.3. The predicted octanol–water partition coefficient (Wildman–Crippen LogP) is 3.94. The molecule has 0 amide bonds. The lowest BCUT2D eigenvalue weighted by Crippen LogP contribution is -3.13. The van der Waals surface area contributed by atoms with Crippen molar-refractivity contribution in [2.45, 2.75) is 31.8 Å². The van der Waals surface area contributed by atoms with Crippen LogP contribution in [0.3, 0.4) is 0 Å². The van der Waals surface area contributed by atoms with Crippen molar-refractivity contribution in [2.24, 2.45) is 11.8 Å². The number of oxazole rings is 1. The molecule has 1 fully saturated rings. The van der Waals surface area contributed by atoms with E-state index >= 15 is 0 Å². The van der Waals surface area contributed by atoms with Gasteiger partial charge in [-0.1, -0.05) is 37.6 Å². The number of sulfonamides is 1. The summed E-state index contributed by atoms with van der Waals surface area (Å²) < 4.78 is 35.9. The van der Waals surface area contributed by atoms with Crippen molar-refractivity contribution in [1.82, 2.24) is 4.57 Å². The smallest absolute Gasteiger partial charge is 0.274 e. The second-order valence-electron chi connectivity index (χ2n) is 8.27. The van der Waals surface area contributed by atoms with E-state index in [1.54, 1.807) is 36.4 Å². The summed E-state index contributed by atoms with van der Waals surface area (Å²) in [6.45, 7) is 7.46. The summed E-state index contributed by atoms with van der Waals surface area (Å²) in [5, 5.41) is 0.332. The molecule has 2 aromatic carbocycles. The maximum Gasteiger partial charge on any atom is 0.274 e. The van der Waals surface area contributed by atoms with E-state index < -0.39 is 10.0 Å². The number of piperidine rings is 1. The average Bonchev–Trinajstić information content (AvgIpc) is 2.97. The summed E-state index contributed by atoms with van der Waals surface area (Å²) in [6.07, 6.45) is 1.25. The summed E-state index contributed by atoms with van der Waals surface area (Å²) in [6, 6.07) is 11.5. The van der Waals surface area contributed by atoms with E-state index in [0.29, 0.717) is 39.6 Å². The van der Waals surface area contributed by atoms with Crippen molar-refractivity contribution in [1.29, 1.82) is 0 Å². The first-order valence-electron chi connectivity index (χ1n) is 9.97. The molecular formula is C21H25ClN3O3S2+. The van der Waals surface area contributed by atoms with E-state index in [-0.39, 0.29) is 4.90 Å². The highest BCUT2D eigenvalue weighted by molar-refractivity contribution is 7.92. The minimum atomic E-state index is -3.82. The fourth-order valence-electron chi connectivity index (χ4n) is 4.39. The van der Waals surface area contributed by atoms with Gasteiger partial charge in [0.15, 0.2) is 12.3 Å². The Bertz CT molecular complexity index is 1230. The van der Waals surface area contributed by atoms with Crippen molar-refractivity contribution in [3.63, 3.8) is 0 Å². The molecule has 2 N–H and O–H groups in total. The summed E-state index contributed by atoms with van der Waals surface area (Å²) in [5.74, 6) is 1.34. The van der Waals surface area contributed by atoms with Gasteiger partial charge in [-0.15, -0.1) is 0 Å². The molecule has 160 valence electrons. The van der Waals surface area contributed by atoms with Gasteiger partial charge in [0.1, 0.15) is 0 Å². The molecule has 0 aliphatic carbocycles. The summed E-state index contributed by atoms with van der Waals surface area (Å²) in [4.78, 5) is 1.91. The third-order valence-corrected chi connectivity index (χ3v) is 7.53. The number of fused-ring (bicyclic) bond motifs is 1. The summed E-state index contributed by atoms with van der Waals surface area (Å²) >= 11 is 11.5. The van der Waals surface area contributed by atoms with Crippen LogP contribution >= 0.6 is 23.8 Å². The van der Waals surface area contributed by atoms with Crippen molar-refractivity contribution in [2.75, 3.05) is 17.8 Å². The summed E-state index contributed by atoms with van der Waals surface area (Å²) in [5.41, 5.74) is 1.59. The van der Waals surface area contributed by atoms with Crippen LogP contribution in [0.5, 0.6) is 0 Å². The predicted molar refractivity (Wildman–Crippen MR) is 121 cm³/mol. The van der Waals surface area contributed by atoms with Gasteiger partial charge >= 0.3 is 0 Å². The first-order chi connectivity index (χ1) is 14.2. The summed E-state index contributed by atoms with van der Waals surface area (Å²) in [7, 11) is -3.82. The SMILES string of the molecule is C[C@H]1C[C@H](C)C[NH+](Cn2c(=S)oc3cc(S(=O)(=O)Nc4ccccc4Cl)ccc32)C1. The monoisotopic (exact) mass is 466 g/mol. The van der Waals surface area contributed by atoms with E-state index in [1.807, 2.05) is 4.57 Å². The van der Waals surface area contributed by atoms with Gasteiger partial charge in [0.25, 0.3) is 14.9 Å². The molecule has 2 heterocycles. The highest BCUT2D eigenvalue weighted by atomic mass is 35.5. The van der Waals surface area contributed by atoms with Crippen LogP contribution < -0.4 is 9.62 Å². The Morgan fingerprint density at radius 1 is 1.20 bits per heavy atom. The molecular weight excluding hydrogens is 442 g/mol. The number of quaternary nitrogens is 1. The van der Waals surface area contributed by atoms with E-state index in [4.69, 9.17) is 28.2 Å². The Morgan fingerprint density at radius 3 is 2.60 bits per heavy atom. The molecule has 0 radical (unpaired) electrons. The van der Waals surface area contributed by atoms with Crippen LogP contribution in [0.1, 0.15) is 20.3 Å². The fourth-order valence-corrected chi connectivity index (χ4v) is 5.97. The number of rotatable bonds is 5. The molecule has 30 heavy (non-hydrogen) atoms. The van der Waals surface area contributed by atoms with Gasteiger partial charge in [0.2, 0.25) is 0 Å². The lowest BCUT2D eigenvalue weighted by Gasteiger charge is -2.31. The van der Waals surface area contributed by atoms with Gasteiger partial charge in [-0.25, -0.2) is 8.42 Å². The molecule has 3 aromatic rings. The van der Waals surface area contributed by atoms with Crippen LogP contribution in [0.15, 0.2) is 51.8 Å². The second kappa shape index (κ2) is 8.34. The second-order valence-corrected chi connectivity index (χ2v) is 10.7. The molecule has 1 aliphatic heterocycles. The highest BCUT2D eigenvalue weighted by Crippen LogP contribution is 2.26. The molecule has 2 atom stereocenters. The molecule has 0 unspecified atom stereocenters. The van der Waals surface area contributed by atoms with E-state index in [2.05, 4.69) is 18.6 Å². The highest BCUT2D eigenvalue weighted by Gasteiger charge is 2.26. The van der Waals surface area contributed by atoms with E-state index in [1.165, 1.54) is 17.4 Å². The topological polar surface area (TPSA) is 68.7 Å². The Hall–Kier alpha value is -1.87. The third-order valence-electron chi connectivity index (χ3n) is 5.53. The average molecular weight is 467 g/mol. The number of hydrogen-bond acceptors (Lipinski definition) is 4. The molecule has 1 aliphatic rings. The van der Waals surface area contributed by atoms with Crippen LogP contribution in [-0.4, -0.2) is 26.1 Å². The lowest BCUT2D eigenvalue weighted by atomic mass is 9.92. The quantitative estimate of drug-likeness (QED) is 0.559. The Balaban J connectivity index is 1.63. The van der Waals surface area contributed by atoms with Gasteiger partial charge in [-0.2, -0.15) is 0 Å². The minimum absolute atomic E-state index is 0.0957. The van der Waals surface area contributed by atoms with Crippen LogP contribution in [0.4, 0.5) is 5.69 Å². The number of para-hydroxylation sites is 1. The number of benzene rings is 2. The zero-order valence-corrected chi connectivity index (χ0v) is 19.3. The number of anilines is 1. The molecule has 0 spiro atoms. The number of nitrogens with one attached hydrogen (secondary N) is 2. The van der Waals surface area contributed by atoms with Crippen LogP contribution in [0, 0.1) is 16.7 Å². The zero-order valence-electron chi connectivity index (χ0n) is 16.9. The lowest BCUT2D eigenvalue weighted by molar-refractivity contribution is -0.934. The van der Waals surface area contributed by atoms with Crippen molar-refractivity contribution in [3.05, 3.63) is 52.3 Å². The Labute approximate surface area is 186 Å². The van der Waals surface area contributed by atoms with Gasteiger partial charge in [-0.3, -0.25) is 9.29 Å². The number of nitrogens with zero attached hydrogens (tertiary/aromatic N) is 1. The van der Waals surface area contributed by atoms with Gasteiger partial charge in [-0.05, 0) is 42.9 Å². The van der Waals surface area contributed by atoms with E-state index in [9.17, 15) is 8.42 Å². The first kappa shape index (κ1) is 21.4. The molecule has 0 saturated carbocycles. The number of hydrogen-bond donors (Lipinski definition) is 2. The standard InChI is InChI=1S/C21H24ClN3O3S2/c1-14-9-15(2)12-24(11-14)13-25-19-8-7-16(10-20(19)28-21(25)29)30(26,27)23-18-6-4-3-5-17(18)22/h3-8,10,14-15,23H,9,11-13H2,1-2H3/p+1/t14-,15-/m0/s1. The largest absolute Gasteiger partial charge is 0.429 e. The first-order valence-corrected chi connectivity index (χ1v) is 12.2. The Kier molecular flexibility index (Phi) is 5.94. The molecule has 1 aromatic heterocycles. The van der Waals surface area contributed by atoms with Crippen molar-refractivity contribution >= 4 is 50.6 Å².